The summed E-state index contributed by atoms with van der Waals surface area (Å²) in [6.07, 6.45) is 5.38. The third-order valence-electron chi connectivity index (χ3n) is 6.57. The van der Waals surface area contributed by atoms with E-state index in [0.29, 0.717) is 24.3 Å². The summed E-state index contributed by atoms with van der Waals surface area (Å²) >= 11 is 12.1. The third-order valence-corrected chi connectivity index (χ3v) is 9.10. The first kappa shape index (κ1) is 31.2. The normalized spacial score (nSPS) is 15.1. The van der Waals surface area contributed by atoms with Crippen molar-refractivity contribution in [3.63, 3.8) is 0 Å². The number of hydrogen-bond donors (Lipinski definition) is 3. The molecule has 1 atom stereocenters. The fourth-order valence-corrected chi connectivity index (χ4v) is 6.67. The molecule has 0 saturated carbocycles. The zero-order chi connectivity index (χ0) is 30.3. The molecule has 3 aromatic rings. The average Bonchev–Trinajstić information content (AvgIpc) is 2.98. The number of hydrogen-bond acceptors (Lipinski definition) is 7. The first-order chi connectivity index (χ1) is 20.1. The molecule has 42 heavy (non-hydrogen) atoms. The number of nitrogens with two attached hydrogens (primary N) is 1. The summed E-state index contributed by atoms with van der Waals surface area (Å²) in [7, 11) is -2.51. The van der Waals surface area contributed by atoms with Crippen molar-refractivity contribution in [3.8, 4) is 0 Å². The Balaban J connectivity index is 1.48. The Kier molecular flexibility index (Phi) is 10.4. The lowest BCUT2D eigenvalue weighted by Crippen LogP contribution is -2.36. The number of nitrogens with one attached hydrogen (secondary N) is 2. The molecule has 14 heteroatoms. The molecule has 2 heterocycles. The van der Waals surface area contributed by atoms with Crippen LogP contribution in [0.15, 0.2) is 70.8 Å². The number of pyridine rings is 1. The standard InChI is InChI=1S/C28H30Cl2N6O5S/c1-41-27(38)23(15-18-9-11-19(12-10-18)33-26(37)25-20(29)16-32-17-21(25)30)35-28(31)34-22-7-3-4-8-24(22)42(39,40)36-13-5-2-6-14-36/h3-4,7-12,16-17,23H,2,5-6,13-15H2,1H3,(H,33,37)(H3,31,34,35)/t23-/m0/s1. The van der Waals surface area contributed by atoms with E-state index in [1.807, 2.05) is 0 Å². The largest absolute Gasteiger partial charge is 0.467 e. The van der Waals surface area contributed by atoms with E-state index in [4.69, 9.17) is 33.7 Å². The number of anilines is 2. The predicted molar refractivity (Wildman–Crippen MR) is 162 cm³/mol. The number of sulfonamides is 1. The molecule has 4 rings (SSSR count). The quantitative estimate of drug-likeness (QED) is 0.179. The van der Waals surface area contributed by atoms with Crippen LogP contribution in [-0.4, -0.2) is 61.8 Å². The maximum absolute atomic E-state index is 13.3. The third kappa shape index (κ3) is 7.57. The van der Waals surface area contributed by atoms with Gasteiger partial charge >= 0.3 is 5.97 Å². The highest BCUT2D eigenvalue weighted by atomic mass is 35.5. The number of nitrogens with zero attached hydrogens (tertiary/aromatic N) is 3. The van der Waals surface area contributed by atoms with Crippen LogP contribution in [0.25, 0.3) is 0 Å². The Bertz CT molecular complexity index is 1560. The predicted octanol–water partition coefficient (Wildman–Crippen LogP) is 4.33. The number of piperidine rings is 1. The van der Waals surface area contributed by atoms with Crippen molar-refractivity contribution in [1.29, 1.82) is 0 Å². The molecule has 4 N–H and O–H groups in total. The van der Waals surface area contributed by atoms with E-state index in [9.17, 15) is 18.0 Å². The number of amides is 1. The summed E-state index contributed by atoms with van der Waals surface area (Å²) < 4.78 is 33.0. The van der Waals surface area contributed by atoms with Crippen LogP contribution in [0.3, 0.4) is 0 Å². The Hall–Kier alpha value is -3.71. The second-order valence-electron chi connectivity index (χ2n) is 9.47. The second kappa shape index (κ2) is 14.0. The lowest BCUT2D eigenvalue weighted by molar-refractivity contribution is -0.142. The number of para-hydroxylation sites is 1. The molecule has 0 unspecified atom stereocenters. The van der Waals surface area contributed by atoms with Crippen LogP contribution in [0.5, 0.6) is 0 Å². The average molecular weight is 634 g/mol. The van der Waals surface area contributed by atoms with Crippen LogP contribution in [0.4, 0.5) is 11.4 Å². The highest BCUT2D eigenvalue weighted by molar-refractivity contribution is 7.89. The summed E-state index contributed by atoms with van der Waals surface area (Å²) in [5, 5.41) is 5.80. The molecule has 1 fully saturated rings. The van der Waals surface area contributed by atoms with Gasteiger partial charge in [-0.2, -0.15) is 4.31 Å². The SMILES string of the molecule is COC(=O)[C@H](Cc1ccc(NC(=O)c2c(Cl)cncc2Cl)cc1)N=C(N)Nc1ccccc1S(=O)(=O)N1CCCCC1. The van der Waals surface area contributed by atoms with E-state index in [1.165, 1.54) is 29.9 Å². The number of aliphatic imine (C=N–C) groups is 1. The number of rotatable bonds is 9. The fourth-order valence-electron chi connectivity index (χ4n) is 4.46. The molecular weight excluding hydrogens is 603 g/mol. The van der Waals surface area contributed by atoms with Crippen molar-refractivity contribution in [3.05, 3.63) is 82.1 Å². The van der Waals surface area contributed by atoms with Gasteiger partial charge in [-0.1, -0.05) is 53.9 Å². The minimum Gasteiger partial charge on any atom is -0.467 e. The number of halogens is 2. The smallest absolute Gasteiger partial charge is 0.331 e. The fraction of sp³-hybridized carbons (Fsp3) is 0.286. The Morgan fingerprint density at radius 3 is 2.31 bits per heavy atom. The van der Waals surface area contributed by atoms with Gasteiger partial charge in [0, 0.05) is 37.6 Å². The van der Waals surface area contributed by atoms with Gasteiger partial charge in [0.15, 0.2) is 12.0 Å². The van der Waals surface area contributed by atoms with Gasteiger partial charge in [0.25, 0.3) is 5.91 Å². The van der Waals surface area contributed by atoms with Crippen LogP contribution in [0.2, 0.25) is 10.0 Å². The molecule has 1 aliphatic rings. The molecule has 11 nitrogen and oxygen atoms in total. The van der Waals surface area contributed by atoms with Crippen molar-refractivity contribution in [2.24, 2.45) is 10.7 Å². The van der Waals surface area contributed by atoms with E-state index in [-0.39, 0.29) is 38.6 Å². The molecule has 0 bridgehead atoms. The zero-order valence-corrected chi connectivity index (χ0v) is 25.0. The van der Waals surface area contributed by atoms with E-state index in [0.717, 1.165) is 19.3 Å². The monoisotopic (exact) mass is 632 g/mol. The van der Waals surface area contributed by atoms with Gasteiger partial charge in [0.05, 0.1) is 28.4 Å². The summed E-state index contributed by atoms with van der Waals surface area (Å²) in [6.45, 7) is 0.913. The van der Waals surface area contributed by atoms with E-state index < -0.39 is 27.9 Å². The molecule has 0 spiro atoms. The van der Waals surface area contributed by atoms with E-state index in [1.54, 1.807) is 42.5 Å². The van der Waals surface area contributed by atoms with Gasteiger partial charge in [0.2, 0.25) is 10.0 Å². The van der Waals surface area contributed by atoms with Crippen molar-refractivity contribution in [2.45, 2.75) is 36.6 Å². The first-order valence-electron chi connectivity index (χ1n) is 13.1. The van der Waals surface area contributed by atoms with Crippen molar-refractivity contribution in [2.75, 3.05) is 30.8 Å². The Morgan fingerprint density at radius 1 is 1.02 bits per heavy atom. The number of esters is 1. The zero-order valence-electron chi connectivity index (χ0n) is 22.7. The topological polar surface area (TPSA) is 156 Å². The highest BCUT2D eigenvalue weighted by Gasteiger charge is 2.28. The molecule has 1 aromatic heterocycles. The van der Waals surface area contributed by atoms with Gasteiger partial charge in [-0.25, -0.2) is 18.2 Å². The number of benzene rings is 2. The van der Waals surface area contributed by atoms with Gasteiger partial charge in [-0.05, 0) is 42.7 Å². The highest BCUT2D eigenvalue weighted by Crippen LogP contribution is 2.27. The van der Waals surface area contributed by atoms with Crippen LogP contribution in [-0.2, 0) is 26.0 Å². The maximum Gasteiger partial charge on any atom is 0.331 e. The minimum absolute atomic E-state index is 0.0756. The molecule has 222 valence electrons. The molecule has 0 radical (unpaired) electrons. The van der Waals surface area contributed by atoms with Gasteiger partial charge in [0.1, 0.15) is 4.90 Å². The second-order valence-corrected chi connectivity index (χ2v) is 12.2. The summed E-state index contributed by atoms with van der Waals surface area (Å²) in [5.74, 6) is -1.28. The molecule has 1 amide bonds. The lowest BCUT2D eigenvalue weighted by atomic mass is 10.1. The van der Waals surface area contributed by atoms with Crippen molar-refractivity contribution < 1.29 is 22.7 Å². The number of aromatic nitrogens is 1. The van der Waals surface area contributed by atoms with E-state index >= 15 is 0 Å². The van der Waals surface area contributed by atoms with Crippen LogP contribution in [0, 0.1) is 0 Å². The van der Waals surface area contributed by atoms with Crippen LogP contribution < -0.4 is 16.4 Å². The number of carbonyl (C=O) groups excluding carboxylic acids is 2. The maximum atomic E-state index is 13.3. The Morgan fingerprint density at radius 2 is 1.67 bits per heavy atom. The van der Waals surface area contributed by atoms with Crippen molar-refractivity contribution >= 4 is 62.4 Å². The van der Waals surface area contributed by atoms with Gasteiger partial charge in [-0.3, -0.25) is 9.78 Å². The molecule has 1 aliphatic heterocycles. The number of carbonyl (C=O) groups is 2. The molecule has 0 aliphatic carbocycles. The van der Waals surface area contributed by atoms with Crippen LogP contribution >= 0.6 is 23.2 Å². The number of ether oxygens (including phenoxy) is 1. The summed E-state index contributed by atoms with van der Waals surface area (Å²) in [4.78, 5) is 33.4. The minimum atomic E-state index is -3.75. The molecular formula is C28H30Cl2N6O5S. The van der Waals surface area contributed by atoms with E-state index in [2.05, 4.69) is 20.6 Å². The van der Waals surface area contributed by atoms with Gasteiger partial charge < -0.3 is 21.1 Å². The van der Waals surface area contributed by atoms with Crippen molar-refractivity contribution in [1.82, 2.24) is 9.29 Å². The lowest BCUT2D eigenvalue weighted by Gasteiger charge is -2.26. The summed E-state index contributed by atoms with van der Waals surface area (Å²) in [5.41, 5.74) is 7.68. The molecule has 1 saturated heterocycles. The number of guanidine groups is 1. The molecule has 2 aromatic carbocycles. The first-order valence-corrected chi connectivity index (χ1v) is 15.3. The van der Waals surface area contributed by atoms with Crippen LogP contribution in [0.1, 0.15) is 35.2 Å². The summed E-state index contributed by atoms with van der Waals surface area (Å²) in [6, 6.07) is 12.1. The Labute approximate surface area is 254 Å². The van der Waals surface area contributed by atoms with Gasteiger partial charge in [-0.15, -0.1) is 0 Å². The number of methoxy groups -OCH3 is 1.